The van der Waals surface area contributed by atoms with E-state index >= 15 is 4.79 Å². The molecule has 76 heavy (non-hydrogen) atoms. The fourth-order valence-corrected chi connectivity index (χ4v) is 10.7. The highest BCUT2D eigenvalue weighted by Gasteiger charge is 2.65. The van der Waals surface area contributed by atoms with E-state index < -0.39 is 40.5 Å². The van der Waals surface area contributed by atoms with Crippen LogP contribution in [0.5, 0.6) is 23.0 Å². The number of hydrogen-bond acceptors (Lipinski definition) is 14. The molecule has 0 bridgehead atoms. The minimum Gasteiger partial charge on any atom is -0.496 e. The van der Waals surface area contributed by atoms with Crippen molar-refractivity contribution >= 4 is 23.8 Å². The predicted octanol–water partition coefficient (Wildman–Crippen LogP) is 11.0. The lowest BCUT2D eigenvalue weighted by Crippen LogP contribution is -2.70. The molecule has 1 amide bonds. The number of aliphatic hydroxyl groups is 2. The lowest BCUT2D eigenvalue weighted by Gasteiger charge is -2.59. The molecule has 3 aliphatic rings. The number of non-ortho nitro benzene ring substituents is 1. The van der Waals surface area contributed by atoms with Gasteiger partial charge in [0.1, 0.15) is 48.1 Å². The van der Waals surface area contributed by atoms with Crippen LogP contribution in [0, 0.1) is 33.7 Å². The summed E-state index contributed by atoms with van der Waals surface area (Å²) < 4.78 is 53.0. The van der Waals surface area contributed by atoms with Crippen molar-refractivity contribution in [2.75, 3.05) is 40.1 Å². The maximum Gasteiger partial charge on any atom is 0.410 e. The highest BCUT2D eigenvalue weighted by molar-refractivity contribution is 6.03. The number of nitro groups is 1. The summed E-state index contributed by atoms with van der Waals surface area (Å²) in [6.45, 7) is 4.20. The minimum absolute atomic E-state index is 0.00543. The Morgan fingerprint density at radius 2 is 1.61 bits per heavy atom. The molecule has 6 unspecified atom stereocenters. The summed E-state index contributed by atoms with van der Waals surface area (Å²) in [7, 11) is 1.48. The predicted molar refractivity (Wildman–Crippen MR) is 281 cm³/mol. The molecule has 5 aromatic carbocycles. The second-order valence-corrected chi connectivity index (χ2v) is 19.0. The van der Waals surface area contributed by atoms with Crippen LogP contribution < -0.4 is 14.2 Å². The number of ether oxygens (including phenoxy) is 6. The van der Waals surface area contributed by atoms with E-state index in [1.54, 1.807) is 54.6 Å². The highest BCUT2D eigenvalue weighted by Crippen LogP contribution is 2.62. The summed E-state index contributed by atoms with van der Waals surface area (Å²) in [4.78, 5) is 45.9. The van der Waals surface area contributed by atoms with Crippen LogP contribution in [0.4, 0.5) is 14.9 Å². The van der Waals surface area contributed by atoms with Gasteiger partial charge in [0.2, 0.25) is 5.79 Å². The third-order valence-corrected chi connectivity index (χ3v) is 14.2. The molecule has 16 nitrogen and oxygen atoms in total. The van der Waals surface area contributed by atoms with Crippen LogP contribution in [0.15, 0.2) is 145 Å². The Morgan fingerprint density at radius 3 is 2.32 bits per heavy atom. The van der Waals surface area contributed by atoms with Crippen molar-refractivity contribution in [2.24, 2.45) is 22.9 Å². The van der Waals surface area contributed by atoms with E-state index in [4.69, 9.17) is 38.4 Å². The number of oxime groups is 1. The Labute approximate surface area is 441 Å². The number of rotatable bonds is 27. The fraction of sp³-hybridized carbons (Fsp3) is 0.373. The largest absolute Gasteiger partial charge is 0.496 e. The highest BCUT2D eigenvalue weighted by atomic mass is 19.1. The molecule has 5 aromatic rings. The normalized spacial score (nSPS) is 20.8. The Hall–Kier alpha value is -7.44. The van der Waals surface area contributed by atoms with E-state index in [9.17, 15) is 29.5 Å². The number of methoxy groups -OCH3 is 1. The number of carbonyl (C=O) groups is 2. The summed E-state index contributed by atoms with van der Waals surface area (Å²) in [5, 5.41) is 36.5. The first kappa shape index (κ1) is 54.8. The standard InChI is InChI=1S/C59H64FN3O13/c1-3-29-73-59-55(62(36-40-15-19-45(60)20-16-40)58(67)72-31-30-71-38-41-11-5-4-6-12-41)35-52(61-74-39-42-17-21-46(22-18-42)63(68)69)50-33-43(13-7-9-27-64)49(14-8-10-28-65)56(57(50)59)51-34-48(24-26-54(51)76-59)75-47-23-25-53(70-2)44(32-47)37-66/h3-6,11-12,15-26,32-34,37,43,49,55-57,64-65H,1,7-10,13-14,27-31,35-36,38-39H2,2H3. The monoisotopic (exact) mass is 1040 g/mol. The van der Waals surface area contributed by atoms with Crippen molar-refractivity contribution in [3.05, 3.63) is 183 Å². The number of halogens is 1. The number of allylic oxidation sites excluding steroid dienone is 1. The third kappa shape index (κ3) is 13.0. The molecule has 0 radical (unpaired) electrons. The number of nitro benzene ring substituents is 1. The molecular formula is C59H64FN3O13. The van der Waals surface area contributed by atoms with Gasteiger partial charge in [-0.15, -0.1) is 6.58 Å². The summed E-state index contributed by atoms with van der Waals surface area (Å²) in [6.07, 6.45) is 7.67. The average molecular weight is 1040 g/mol. The Kier molecular flexibility index (Phi) is 19.0. The van der Waals surface area contributed by atoms with Crippen molar-refractivity contribution < 1.29 is 62.4 Å². The molecule has 2 aliphatic carbocycles. The average Bonchev–Trinajstić information content (AvgIpc) is 3.48. The molecule has 1 heterocycles. The van der Waals surface area contributed by atoms with E-state index in [1.165, 1.54) is 36.3 Å². The van der Waals surface area contributed by atoms with E-state index in [0.717, 1.165) is 16.7 Å². The van der Waals surface area contributed by atoms with Crippen LogP contribution in [0.2, 0.25) is 0 Å². The maximum absolute atomic E-state index is 15.1. The van der Waals surface area contributed by atoms with E-state index in [2.05, 4.69) is 12.7 Å². The van der Waals surface area contributed by atoms with Gasteiger partial charge in [0.25, 0.3) is 5.69 Å². The molecular weight excluding hydrogens is 978 g/mol. The fourth-order valence-electron chi connectivity index (χ4n) is 10.7. The van der Waals surface area contributed by atoms with Gasteiger partial charge in [0, 0.05) is 49.8 Å². The Bertz CT molecular complexity index is 2830. The zero-order valence-corrected chi connectivity index (χ0v) is 42.5. The van der Waals surface area contributed by atoms with Crippen molar-refractivity contribution in [1.82, 2.24) is 4.90 Å². The van der Waals surface area contributed by atoms with Gasteiger partial charge in [0.15, 0.2) is 6.29 Å². The van der Waals surface area contributed by atoms with Crippen molar-refractivity contribution in [3.63, 3.8) is 0 Å². The zero-order valence-electron chi connectivity index (χ0n) is 42.5. The molecule has 0 saturated heterocycles. The van der Waals surface area contributed by atoms with Crippen LogP contribution in [-0.2, 0) is 38.8 Å². The SMILES string of the molecule is C=CCOC12Oc3ccc(Oc4ccc(OC)c(C=O)c4)cc3C3C(CCCCO)C(CCCCO)C=C(C(=NOCc4ccc([N+](=O)[O-])cc4)CC1N(Cc1ccc(F)cc1)C(=O)OCCOCc1ccccc1)C32. The number of carbonyl (C=O) groups excluding carboxylic acids is 2. The van der Waals surface area contributed by atoms with Gasteiger partial charge < -0.3 is 43.5 Å². The summed E-state index contributed by atoms with van der Waals surface area (Å²) in [6, 6.07) is 30.9. The van der Waals surface area contributed by atoms with Gasteiger partial charge in [-0.05, 0) is 120 Å². The van der Waals surface area contributed by atoms with Gasteiger partial charge in [-0.25, -0.2) is 9.18 Å². The summed E-state index contributed by atoms with van der Waals surface area (Å²) in [5.74, 6) is -1.81. The molecule has 0 aromatic heterocycles. The molecule has 1 aliphatic heterocycles. The molecule has 2 N–H and O–H groups in total. The number of nitrogens with zero attached hydrogens (tertiary/aromatic N) is 3. The van der Waals surface area contributed by atoms with Crippen LogP contribution >= 0.6 is 0 Å². The van der Waals surface area contributed by atoms with Crippen molar-refractivity contribution in [2.45, 2.75) is 82.5 Å². The molecule has 17 heteroatoms. The van der Waals surface area contributed by atoms with E-state index in [0.29, 0.717) is 96.8 Å². The number of unbranched alkanes of at least 4 members (excludes halogenated alkanes) is 2. The topological polar surface area (TPSA) is 198 Å². The lowest BCUT2D eigenvalue weighted by atomic mass is 9.55. The number of aldehydes is 1. The number of aliphatic hydroxyl groups excluding tert-OH is 2. The minimum atomic E-state index is -1.68. The molecule has 6 atom stereocenters. The lowest BCUT2D eigenvalue weighted by molar-refractivity contribution is -0.384. The third-order valence-electron chi connectivity index (χ3n) is 14.2. The number of amides is 1. The van der Waals surface area contributed by atoms with Crippen LogP contribution in [-0.4, -0.2) is 90.1 Å². The Balaban J connectivity index is 1.29. The number of hydrogen-bond donors (Lipinski definition) is 2. The van der Waals surface area contributed by atoms with Crippen molar-refractivity contribution in [1.29, 1.82) is 0 Å². The van der Waals surface area contributed by atoms with Gasteiger partial charge >= 0.3 is 6.09 Å². The quantitative estimate of drug-likeness (QED) is 0.0166. The smallest absolute Gasteiger partial charge is 0.410 e. The number of fused-ring (bicyclic) bond motifs is 2. The first-order valence-corrected chi connectivity index (χ1v) is 25.6. The summed E-state index contributed by atoms with van der Waals surface area (Å²) >= 11 is 0. The van der Waals surface area contributed by atoms with E-state index in [1.807, 2.05) is 42.5 Å². The Morgan fingerprint density at radius 1 is 0.895 bits per heavy atom. The van der Waals surface area contributed by atoms with Gasteiger partial charge in [0.05, 0.1) is 49.0 Å². The molecule has 1 fully saturated rings. The molecule has 0 spiro atoms. The number of benzene rings is 5. The van der Waals surface area contributed by atoms with Gasteiger partial charge in [-0.3, -0.25) is 19.8 Å². The second-order valence-electron chi connectivity index (χ2n) is 19.0. The first-order chi connectivity index (χ1) is 37.1. The zero-order chi connectivity index (χ0) is 53.4. The first-order valence-electron chi connectivity index (χ1n) is 25.6. The molecule has 8 rings (SSSR count). The van der Waals surface area contributed by atoms with Gasteiger partial charge in [-0.2, -0.15) is 0 Å². The molecule has 400 valence electrons. The second kappa shape index (κ2) is 26.4. The van der Waals surface area contributed by atoms with Crippen LogP contribution in [0.25, 0.3) is 0 Å². The van der Waals surface area contributed by atoms with Crippen molar-refractivity contribution in [3.8, 4) is 23.0 Å². The summed E-state index contributed by atoms with van der Waals surface area (Å²) in [5.41, 5.74) is 4.44. The van der Waals surface area contributed by atoms with Crippen LogP contribution in [0.3, 0.4) is 0 Å². The van der Waals surface area contributed by atoms with Gasteiger partial charge in [-0.1, -0.05) is 72.6 Å². The van der Waals surface area contributed by atoms with Crippen LogP contribution in [0.1, 0.15) is 83.5 Å². The maximum atomic E-state index is 15.1. The molecule has 1 saturated carbocycles. The van der Waals surface area contributed by atoms with E-state index in [-0.39, 0.29) is 70.1 Å².